The third-order valence-electron chi connectivity index (χ3n) is 2.78. The first-order valence-electron chi connectivity index (χ1n) is 6.08. The van der Waals surface area contributed by atoms with E-state index in [-0.39, 0.29) is 18.2 Å². The summed E-state index contributed by atoms with van der Waals surface area (Å²) >= 11 is 0. The van der Waals surface area contributed by atoms with Crippen molar-refractivity contribution in [2.75, 3.05) is 12.0 Å². The quantitative estimate of drug-likeness (QED) is 0.818. The molecule has 0 spiro atoms. The lowest BCUT2D eigenvalue weighted by Gasteiger charge is -2.14. The van der Waals surface area contributed by atoms with Crippen LogP contribution in [0, 0.1) is 5.82 Å². The van der Waals surface area contributed by atoms with E-state index in [0.717, 1.165) is 12.1 Å². The van der Waals surface area contributed by atoms with Crippen molar-refractivity contribution in [3.8, 4) is 0 Å². The number of hydrogen-bond acceptors (Lipinski definition) is 2. The minimum atomic E-state index is -4.55. The van der Waals surface area contributed by atoms with E-state index in [4.69, 9.17) is 0 Å². The van der Waals surface area contributed by atoms with Crippen LogP contribution in [0.15, 0.2) is 18.2 Å². The van der Waals surface area contributed by atoms with Crippen LogP contribution in [-0.2, 0) is 23.5 Å². The van der Waals surface area contributed by atoms with E-state index in [0.29, 0.717) is 18.2 Å². The number of rotatable bonds is 6. The summed E-state index contributed by atoms with van der Waals surface area (Å²) in [5, 5.41) is 2.99. The van der Waals surface area contributed by atoms with Crippen LogP contribution >= 0.6 is 0 Å². The molecule has 0 fully saturated rings. The van der Waals surface area contributed by atoms with Crippen LogP contribution in [-0.4, -0.2) is 22.3 Å². The standard InChI is InChI=1S/C13H17F4NOS/c1-9(3-4-20(2)19)18-8-10-5-11(13(15,16)17)7-12(14)6-10/h5-7,9,18H,3-4,8H2,1-2H3. The third-order valence-corrected chi connectivity index (χ3v) is 3.59. The molecule has 0 radical (unpaired) electrons. The zero-order valence-corrected chi connectivity index (χ0v) is 12.1. The molecule has 0 saturated heterocycles. The molecule has 1 N–H and O–H groups in total. The normalized spacial score (nSPS) is 15.1. The van der Waals surface area contributed by atoms with E-state index >= 15 is 0 Å². The Labute approximate surface area is 118 Å². The molecule has 1 aromatic rings. The first-order chi connectivity index (χ1) is 9.18. The maximum absolute atomic E-state index is 13.2. The molecule has 0 amide bonds. The van der Waals surface area contributed by atoms with Crippen LogP contribution in [0.4, 0.5) is 17.6 Å². The van der Waals surface area contributed by atoms with E-state index in [1.54, 1.807) is 6.26 Å². The molecule has 7 heteroatoms. The van der Waals surface area contributed by atoms with Crippen molar-refractivity contribution in [2.45, 2.75) is 32.1 Å². The molecule has 2 atom stereocenters. The van der Waals surface area contributed by atoms with Crippen molar-refractivity contribution in [1.29, 1.82) is 0 Å². The van der Waals surface area contributed by atoms with Gasteiger partial charge in [-0.3, -0.25) is 4.21 Å². The highest BCUT2D eigenvalue weighted by Crippen LogP contribution is 2.30. The molecule has 0 aliphatic rings. The molecule has 20 heavy (non-hydrogen) atoms. The van der Waals surface area contributed by atoms with Crippen molar-refractivity contribution >= 4 is 10.8 Å². The molecule has 0 heterocycles. The zero-order chi connectivity index (χ0) is 15.3. The molecule has 2 nitrogen and oxygen atoms in total. The Morgan fingerprint density at radius 3 is 2.50 bits per heavy atom. The van der Waals surface area contributed by atoms with Gasteiger partial charge in [0.05, 0.1) is 5.56 Å². The van der Waals surface area contributed by atoms with Gasteiger partial charge >= 0.3 is 6.18 Å². The predicted octanol–water partition coefficient (Wildman–Crippen LogP) is 3.09. The second kappa shape index (κ2) is 7.17. The second-order valence-electron chi connectivity index (χ2n) is 4.69. The summed E-state index contributed by atoms with van der Waals surface area (Å²) in [5.74, 6) is -0.385. The Balaban J connectivity index is 2.64. The summed E-state index contributed by atoms with van der Waals surface area (Å²) in [7, 11) is -0.902. The van der Waals surface area contributed by atoms with Crippen LogP contribution in [0.1, 0.15) is 24.5 Å². The Morgan fingerprint density at radius 1 is 1.30 bits per heavy atom. The second-order valence-corrected chi connectivity index (χ2v) is 6.25. The number of halogens is 4. The number of hydrogen-bond donors (Lipinski definition) is 1. The topological polar surface area (TPSA) is 29.1 Å². The lowest BCUT2D eigenvalue weighted by molar-refractivity contribution is -0.137. The predicted molar refractivity (Wildman–Crippen MR) is 71.3 cm³/mol. The van der Waals surface area contributed by atoms with Gasteiger partial charge in [-0.1, -0.05) is 0 Å². The summed E-state index contributed by atoms with van der Waals surface area (Å²) in [5.41, 5.74) is -0.751. The molecular formula is C13H17F4NOS. The van der Waals surface area contributed by atoms with Crippen LogP contribution in [0.5, 0.6) is 0 Å². The van der Waals surface area contributed by atoms with E-state index < -0.39 is 28.4 Å². The van der Waals surface area contributed by atoms with E-state index in [2.05, 4.69) is 5.32 Å². The van der Waals surface area contributed by atoms with Gasteiger partial charge in [-0.2, -0.15) is 13.2 Å². The van der Waals surface area contributed by atoms with Crippen molar-refractivity contribution in [3.05, 3.63) is 35.1 Å². The third kappa shape index (κ3) is 6.00. The van der Waals surface area contributed by atoms with Crippen LogP contribution in [0.25, 0.3) is 0 Å². The fraction of sp³-hybridized carbons (Fsp3) is 0.538. The molecule has 1 rings (SSSR count). The first kappa shape index (κ1) is 17.1. The number of benzene rings is 1. The maximum atomic E-state index is 13.2. The highest BCUT2D eigenvalue weighted by molar-refractivity contribution is 7.84. The summed E-state index contributed by atoms with van der Waals surface area (Å²) < 4.78 is 61.7. The van der Waals surface area contributed by atoms with E-state index in [9.17, 15) is 21.8 Å². The molecule has 0 aliphatic heterocycles. The molecular weight excluding hydrogens is 294 g/mol. The number of nitrogens with one attached hydrogen (secondary N) is 1. The molecule has 1 aromatic carbocycles. The lowest BCUT2D eigenvalue weighted by atomic mass is 10.1. The Morgan fingerprint density at radius 2 is 1.95 bits per heavy atom. The molecule has 0 bridgehead atoms. The van der Waals surface area contributed by atoms with Gasteiger partial charge in [0.25, 0.3) is 0 Å². The fourth-order valence-electron chi connectivity index (χ4n) is 1.65. The van der Waals surface area contributed by atoms with Gasteiger partial charge in [0.1, 0.15) is 5.82 Å². The summed E-state index contributed by atoms with van der Waals surface area (Å²) in [6.45, 7) is 1.98. The maximum Gasteiger partial charge on any atom is 0.416 e. The smallest absolute Gasteiger partial charge is 0.310 e. The van der Waals surface area contributed by atoms with Gasteiger partial charge in [0.15, 0.2) is 0 Å². The highest BCUT2D eigenvalue weighted by atomic mass is 32.2. The van der Waals surface area contributed by atoms with Gasteiger partial charge < -0.3 is 5.32 Å². The summed E-state index contributed by atoms with van der Waals surface area (Å²) in [6, 6.07) is 2.48. The highest BCUT2D eigenvalue weighted by Gasteiger charge is 2.31. The van der Waals surface area contributed by atoms with Crippen molar-refractivity contribution < 1.29 is 21.8 Å². The Bertz CT molecular complexity index is 476. The molecule has 0 aliphatic carbocycles. The molecule has 114 valence electrons. The van der Waals surface area contributed by atoms with Crippen LogP contribution in [0.2, 0.25) is 0 Å². The zero-order valence-electron chi connectivity index (χ0n) is 11.3. The minimum absolute atomic E-state index is 0.00324. The first-order valence-corrected chi connectivity index (χ1v) is 7.81. The number of alkyl halides is 3. The van der Waals surface area contributed by atoms with Gasteiger partial charge in [-0.15, -0.1) is 0 Å². The van der Waals surface area contributed by atoms with Gasteiger partial charge in [-0.25, -0.2) is 4.39 Å². The summed E-state index contributed by atoms with van der Waals surface area (Å²) in [4.78, 5) is 0. The SMILES string of the molecule is CC(CCS(C)=O)NCc1cc(F)cc(C(F)(F)F)c1. The largest absolute Gasteiger partial charge is 0.416 e. The van der Waals surface area contributed by atoms with Crippen molar-refractivity contribution in [3.63, 3.8) is 0 Å². The lowest BCUT2D eigenvalue weighted by Crippen LogP contribution is -2.27. The van der Waals surface area contributed by atoms with Gasteiger partial charge in [-0.05, 0) is 37.1 Å². The Hall–Kier alpha value is -0.950. The minimum Gasteiger partial charge on any atom is -0.310 e. The average Bonchev–Trinajstić information content (AvgIpc) is 2.32. The monoisotopic (exact) mass is 311 g/mol. The summed E-state index contributed by atoms with van der Waals surface area (Å²) in [6.07, 6.45) is -2.32. The molecule has 0 saturated carbocycles. The average molecular weight is 311 g/mol. The Kier molecular flexibility index (Phi) is 6.13. The van der Waals surface area contributed by atoms with Gasteiger partial charge in [0, 0.05) is 35.4 Å². The van der Waals surface area contributed by atoms with Crippen molar-refractivity contribution in [2.24, 2.45) is 0 Å². The van der Waals surface area contributed by atoms with Gasteiger partial charge in [0.2, 0.25) is 0 Å². The van der Waals surface area contributed by atoms with E-state index in [1.165, 1.54) is 0 Å². The van der Waals surface area contributed by atoms with Crippen LogP contribution in [0.3, 0.4) is 0 Å². The van der Waals surface area contributed by atoms with E-state index in [1.807, 2.05) is 6.92 Å². The van der Waals surface area contributed by atoms with Crippen LogP contribution < -0.4 is 5.32 Å². The van der Waals surface area contributed by atoms with Crippen molar-refractivity contribution in [1.82, 2.24) is 5.32 Å². The molecule has 0 aromatic heterocycles. The molecule has 2 unspecified atom stereocenters. The fourth-order valence-corrected chi connectivity index (χ4v) is 2.34.